The van der Waals surface area contributed by atoms with E-state index in [1.807, 2.05) is 0 Å². The van der Waals surface area contributed by atoms with Crippen LogP contribution in [0.3, 0.4) is 0 Å². The molecular formula is C15H12FN5O3S2. The molecule has 0 spiro atoms. The summed E-state index contributed by atoms with van der Waals surface area (Å²) < 4.78 is 18.6. The number of benzene rings is 1. The summed E-state index contributed by atoms with van der Waals surface area (Å²) in [6.45, 7) is 0. The highest BCUT2D eigenvalue weighted by Gasteiger charge is 2.11. The van der Waals surface area contributed by atoms with Gasteiger partial charge in [0.1, 0.15) is 5.82 Å². The minimum atomic E-state index is -0.550. The number of thioether (sulfide) groups is 1. The van der Waals surface area contributed by atoms with Crippen molar-refractivity contribution in [2.75, 3.05) is 11.1 Å². The lowest BCUT2D eigenvalue weighted by Gasteiger charge is -2.04. The first-order valence-corrected chi connectivity index (χ1v) is 9.02. The van der Waals surface area contributed by atoms with Crippen molar-refractivity contribution in [3.05, 3.63) is 54.2 Å². The zero-order valence-electron chi connectivity index (χ0n) is 13.1. The topological polar surface area (TPSA) is 109 Å². The van der Waals surface area contributed by atoms with E-state index in [1.165, 1.54) is 35.8 Å². The highest BCUT2D eigenvalue weighted by Crippen LogP contribution is 2.27. The lowest BCUT2D eigenvalue weighted by molar-refractivity contribution is -0.119. The first kappa shape index (κ1) is 17.9. The summed E-state index contributed by atoms with van der Waals surface area (Å²) in [6, 6.07) is 9.00. The van der Waals surface area contributed by atoms with E-state index in [4.69, 9.17) is 4.42 Å². The molecular weight excluding hydrogens is 381 g/mol. The molecule has 26 heavy (non-hydrogen) atoms. The maximum absolute atomic E-state index is 13.1. The Bertz CT molecular complexity index is 900. The van der Waals surface area contributed by atoms with E-state index in [0.29, 0.717) is 15.2 Å². The number of nitrogens with zero attached hydrogens (tertiary/aromatic N) is 2. The van der Waals surface area contributed by atoms with Crippen LogP contribution in [0.1, 0.15) is 10.6 Å². The van der Waals surface area contributed by atoms with Crippen molar-refractivity contribution >= 4 is 45.7 Å². The number of halogens is 1. The Morgan fingerprint density at radius 3 is 2.85 bits per heavy atom. The molecule has 0 atom stereocenters. The number of aromatic nitrogens is 2. The van der Waals surface area contributed by atoms with Crippen LogP contribution in [-0.2, 0) is 4.79 Å². The predicted octanol–water partition coefficient (Wildman–Crippen LogP) is 2.57. The molecule has 0 radical (unpaired) electrons. The number of hydrogen-bond donors (Lipinski definition) is 3. The molecule has 0 aliphatic rings. The smallest absolute Gasteiger partial charge is 0.305 e. The summed E-state index contributed by atoms with van der Waals surface area (Å²) in [4.78, 5) is 23.4. The zero-order chi connectivity index (χ0) is 18.4. The maximum Gasteiger partial charge on any atom is 0.305 e. The van der Waals surface area contributed by atoms with Gasteiger partial charge in [-0.1, -0.05) is 29.2 Å². The van der Waals surface area contributed by atoms with Gasteiger partial charge in [0.25, 0.3) is 0 Å². The average molecular weight is 393 g/mol. The molecule has 0 saturated carbocycles. The molecule has 2 heterocycles. The molecule has 2 amide bonds. The van der Waals surface area contributed by atoms with Crippen LogP contribution in [0, 0.1) is 5.82 Å². The SMILES string of the molecule is O=C(CSc1nnc(Nc2cccc(F)c2)s1)NNC(=O)c1ccco1. The highest BCUT2D eigenvalue weighted by molar-refractivity contribution is 8.01. The van der Waals surface area contributed by atoms with Gasteiger partial charge in [0, 0.05) is 5.69 Å². The third-order valence-electron chi connectivity index (χ3n) is 2.87. The normalized spacial score (nSPS) is 10.3. The molecule has 3 rings (SSSR count). The number of rotatable bonds is 6. The van der Waals surface area contributed by atoms with Gasteiger partial charge in [-0.2, -0.15) is 0 Å². The Kier molecular flexibility index (Phi) is 5.81. The molecule has 0 unspecified atom stereocenters. The standard InChI is InChI=1S/C15H12FN5O3S2/c16-9-3-1-4-10(7-9)17-14-20-21-15(26-14)25-8-12(22)18-19-13(23)11-5-2-6-24-11/h1-7H,8H2,(H,17,20)(H,18,22)(H,19,23). The summed E-state index contributed by atoms with van der Waals surface area (Å²) in [5.74, 6) is -1.19. The largest absolute Gasteiger partial charge is 0.459 e. The number of furan rings is 1. The van der Waals surface area contributed by atoms with Gasteiger partial charge in [-0.15, -0.1) is 10.2 Å². The van der Waals surface area contributed by atoms with Crippen LogP contribution in [0.5, 0.6) is 0 Å². The number of hydrogen-bond acceptors (Lipinski definition) is 8. The Morgan fingerprint density at radius 2 is 2.08 bits per heavy atom. The van der Waals surface area contributed by atoms with Crippen LogP contribution in [0.15, 0.2) is 51.4 Å². The molecule has 2 aromatic heterocycles. The summed E-state index contributed by atoms with van der Waals surface area (Å²) in [5, 5.41) is 11.3. The van der Waals surface area contributed by atoms with Gasteiger partial charge in [0.15, 0.2) is 10.1 Å². The van der Waals surface area contributed by atoms with Crippen molar-refractivity contribution in [3.63, 3.8) is 0 Å². The van der Waals surface area contributed by atoms with Crippen molar-refractivity contribution < 1.29 is 18.4 Å². The Labute approximate surface area is 155 Å². The minimum absolute atomic E-state index is 0.0348. The summed E-state index contributed by atoms with van der Waals surface area (Å²) >= 11 is 2.38. The molecule has 0 fully saturated rings. The lowest BCUT2D eigenvalue weighted by atomic mass is 10.3. The van der Waals surface area contributed by atoms with E-state index >= 15 is 0 Å². The molecule has 11 heteroatoms. The van der Waals surface area contributed by atoms with Gasteiger partial charge in [0.05, 0.1) is 12.0 Å². The number of anilines is 2. The van der Waals surface area contributed by atoms with Crippen molar-refractivity contribution in [1.82, 2.24) is 21.0 Å². The summed E-state index contributed by atoms with van der Waals surface area (Å²) in [6.07, 6.45) is 1.36. The van der Waals surface area contributed by atoms with Crippen molar-refractivity contribution in [1.29, 1.82) is 0 Å². The van der Waals surface area contributed by atoms with Crippen LogP contribution in [0.4, 0.5) is 15.2 Å². The van der Waals surface area contributed by atoms with Crippen molar-refractivity contribution in [3.8, 4) is 0 Å². The highest BCUT2D eigenvalue weighted by atomic mass is 32.2. The van der Waals surface area contributed by atoms with E-state index < -0.39 is 11.8 Å². The fourth-order valence-corrected chi connectivity index (χ4v) is 3.34. The average Bonchev–Trinajstić information content (AvgIpc) is 3.30. The van der Waals surface area contributed by atoms with Crippen LogP contribution in [0.2, 0.25) is 0 Å². The molecule has 134 valence electrons. The van der Waals surface area contributed by atoms with E-state index in [0.717, 1.165) is 11.8 Å². The number of carbonyl (C=O) groups excluding carboxylic acids is 2. The van der Waals surface area contributed by atoms with Gasteiger partial charge >= 0.3 is 5.91 Å². The van der Waals surface area contributed by atoms with Crippen LogP contribution in [0.25, 0.3) is 0 Å². The molecule has 1 aromatic carbocycles. The fourth-order valence-electron chi connectivity index (χ4n) is 1.77. The molecule has 0 aliphatic heterocycles. The second-order valence-electron chi connectivity index (χ2n) is 4.78. The van der Waals surface area contributed by atoms with Gasteiger partial charge in [-0.05, 0) is 30.3 Å². The van der Waals surface area contributed by atoms with Crippen molar-refractivity contribution in [2.45, 2.75) is 4.34 Å². The molecule has 0 bridgehead atoms. The molecule has 0 saturated heterocycles. The fraction of sp³-hybridized carbons (Fsp3) is 0.0667. The Hall–Kier alpha value is -2.92. The molecule has 3 N–H and O–H groups in total. The van der Waals surface area contributed by atoms with Crippen LogP contribution < -0.4 is 16.2 Å². The monoisotopic (exact) mass is 393 g/mol. The molecule has 0 aliphatic carbocycles. The van der Waals surface area contributed by atoms with Gasteiger partial charge < -0.3 is 9.73 Å². The summed E-state index contributed by atoms with van der Waals surface area (Å²) in [5.41, 5.74) is 5.06. The number of carbonyl (C=O) groups is 2. The van der Waals surface area contributed by atoms with E-state index in [9.17, 15) is 14.0 Å². The first-order valence-electron chi connectivity index (χ1n) is 7.22. The Morgan fingerprint density at radius 1 is 1.19 bits per heavy atom. The third kappa shape index (κ3) is 5.04. The second kappa shape index (κ2) is 8.45. The zero-order valence-corrected chi connectivity index (χ0v) is 14.7. The maximum atomic E-state index is 13.1. The van der Waals surface area contributed by atoms with Gasteiger partial charge in [-0.25, -0.2) is 4.39 Å². The van der Waals surface area contributed by atoms with Gasteiger partial charge in [0.2, 0.25) is 11.0 Å². The first-order chi connectivity index (χ1) is 12.6. The van der Waals surface area contributed by atoms with E-state index in [-0.39, 0.29) is 17.3 Å². The number of hydrazine groups is 1. The minimum Gasteiger partial charge on any atom is -0.459 e. The van der Waals surface area contributed by atoms with Crippen LogP contribution in [-0.4, -0.2) is 27.8 Å². The predicted molar refractivity (Wildman–Crippen MR) is 94.6 cm³/mol. The molecule has 8 nitrogen and oxygen atoms in total. The number of nitrogens with one attached hydrogen (secondary N) is 3. The van der Waals surface area contributed by atoms with Gasteiger partial charge in [-0.3, -0.25) is 20.4 Å². The van der Waals surface area contributed by atoms with Crippen molar-refractivity contribution in [2.24, 2.45) is 0 Å². The van der Waals surface area contributed by atoms with E-state index in [1.54, 1.807) is 18.2 Å². The lowest BCUT2D eigenvalue weighted by Crippen LogP contribution is -2.42. The number of amides is 2. The van der Waals surface area contributed by atoms with Crippen LogP contribution >= 0.6 is 23.1 Å². The second-order valence-corrected chi connectivity index (χ2v) is 6.98. The third-order valence-corrected chi connectivity index (χ3v) is 4.84. The molecule has 3 aromatic rings. The quantitative estimate of drug-likeness (QED) is 0.436. The van der Waals surface area contributed by atoms with E-state index in [2.05, 4.69) is 26.4 Å². The Balaban J connectivity index is 1.44. The summed E-state index contributed by atoms with van der Waals surface area (Å²) in [7, 11) is 0.